The first-order chi connectivity index (χ1) is 9.45. The summed E-state index contributed by atoms with van der Waals surface area (Å²) in [4.78, 5) is 13.2. The maximum atomic E-state index is 11.2. The number of hydrogen-bond acceptors (Lipinski definition) is 4. The van der Waals surface area contributed by atoms with Crippen molar-refractivity contribution in [1.82, 2.24) is 5.32 Å². The molecule has 1 aromatic rings. The third-order valence-electron chi connectivity index (χ3n) is 3.08. The number of hydrogen-bond donors (Lipinski definition) is 2. The number of carbonyl (C=O) groups is 1. The average Bonchev–Trinajstić information content (AvgIpc) is 2.42. The zero-order chi connectivity index (χ0) is 15.1. The van der Waals surface area contributed by atoms with Crippen LogP contribution in [0.25, 0.3) is 0 Å². The lowest BCUT2D eigenvalue weighted by molar-refractivity contribution is -0.139. The highest BCUT2D eigenvalue weighted by Gasteiger charge is 2.19. The van der Waals surface area contributed by atoms with E-state index in [1.54, 1.807) is 7.11 Å². The molecule has 1 aromatic carbocycles. The Morgan fingerprint density at radius 1 is 1.40 bits per heavy atom. The molecule has 0 heterocycles. The van der Waals surface area contributed by atoms with Crippen LogP contribution in [-0.2, 0) is 4.79 Å². The maximum Gasteiger partial charge on any atom is 0.320 e. The van der Waals surface area contributed by atoms with Gasteiger partial charge in [0.05, 0.1) is 12.8 Å². The Balaban J connectivity index is 2.65. The number of benzene rings is 1. The molecule has 20 heavy (non-hydrogen) atoms. The standard InChI is InChI=1S/C15H24N2O3/c1-11(2)16-12(15(18)19)9-10-17(3)13-7-5-6-8-14(13)20-4/h5-8,11-12,16H,9-10H2,1-4H3,(H,18,19). The normalized spacial score (nSPS) is 12.2. The Hall–Kier alpha value is -1.75. The lowest BCUT2D eigenvalue weighted by Gasteiger charge is -2.24. The highest BCUT2D eigenvalue weighted by atomic mass is 16.5. The molecule has 5 nitrogen and oxygen atoms in total. The number of nitrogens with one attached hydrogen (secondary N) is 1. The van der Waals surface area contributed by atoms with Crippen molar-refractivity contribution in [3.63, 3.8) is 0 Å². The highest BCUT2D eigenvalue weighted by molar-refractivity contribution is 5.73. The van der Waals surface area contributed by atoms with E-state index in [1.165, 1.54) is 0 Å². The number of anilines is 1. The van der Waals surface area contributed by atoms with Crippen LogP contribution in [0.1, 0.15) is 20.3 Å². The molecule has 0 aliphatic carbocycles. The van der Waals surface area contributed by atoms with E-state index in [1.807, 2.05) is 50.1 Å². The van der Waals surface area contributed by atoms with Crippen molar-refractivity contribution in [2.75, 3.05) is 25.6 Å². The summed E-state index contributed by atoms with van der Waals surface area (Å²) < 4.78 is 5.31. The molecule has 0 amide bonds. The molecule has 0 spiro atoms. The van der Waals surface area contributed by atoms with Gasteiger partial charge in [0.25, 0.3) is 0 Å². The third kappa shape index (κ3) is 4.74. The first-order valence-electron chi connectivity index (χ1n) is 6.78. The molecule has 1 atom stereocenters. The molecule has 5 heteroatoms. The van der Waals surface area contributed by atoms with Gasteiger partial charge >= 0.3 is 5.97 Å². The number of nitrogens with zero attached hydrogens (tertiary/aromatic N) is 1. The van der Waals surface area contributed by atoms with E-state index >= 15 is 0 Å². The van der Waals surface area contributed by atoms with Crippen molar-refractivity contribution in [1.29, 1.82) is 0 Å². The van der Waals surface area contributed by atoms with Crippen LogP contribution in [0.3, 0.4) is 0 Å². The van der Waals surface area contributed by atoms with Gasteiger partial charge in [0.2, 0.25) is 0 Å². The van der Waals surface area contributed by atoms with Gasteiger partial charge in [0.15, 0.2) is 0 Å². The van der Waals surface area contributed by atoms with Crippen LogP contribution < -0.4 is 15.0 Å². The summed E-state index contributed by atoms with van der Waals surface area (Å²) in [7, 11) is 3.57. The second-order valence-corrected chi connectivity index (χ2v) is 5.09. The molecule has 0 radical (unpaired) electrons. The monoisotopic (exact) mass is 280 g/mol. The molecular weight excluding hydrogens is 256 g/mol. The first-order valence-corrected chi connectivity index (χ1v) is 6.78. The zero-order valence-corrected chi connectivity index (χ0v) is 12.6. The summed E-state index contributed by atoms with van der Waals surface area (Å²) in [6, 6.07) is 7.32. The van der Waals surface area contributed by atoms with Crippen molar-refractivity contribution in [2.24, 2.45) is 0 Å². The number of carboxylic acid groups (broad SMARTS) is 1. The van der Waals surface area contributed by atoms with Crippen LogP contribution in [0.15, 0.2) is 24.3 Å². The molecule has 0 fully saturated rings. The third-order valence-corrected chi connectivity index (χ3v) is 3.08. The van der Waals surface area contributed by atoms with Crippen molar-refractivity contribution in [2.45, 2.75) is 32.4 Å². The quantitative estimate of drug-likeness (QED) is 0.762. The van der Waals surface area contributed by atoms with E-state index in [4.69, 9.17) is 4.74 Å². The van der Waals surface area contributed by atoms with E-state index < -0.39 is 12.0 Å². The molecule has 0 bridgehead atoms. The van der Waals surface area contributed by atoms with E-state index in [9.17, 15) is 9.90 Å². The molecule has 1 rings (SSSR count). The average molecular weight is 280 g/mol. The van der Waals surface area contributed by atoms with Crippen LogP contribution >= 0.6 is 0 Å². The number of aliphatic carboxylic acids is 1. The Bertz CT molecular complexity index is 435. The van der Waals surface area contributed by atoms with Gasteiger partial charge in [-0.3, -0.25) is 4.79 Å². The fourth-order valence-corrected chi connectivity index (χ4v) is 2.07. The Kier molecular flexibility index (Phi) is 6.31. The molecule has 2 N–H and O–H groups in total. The van der Waals surface area contributed by atoms with E-state index in [0.29, 0.717) is 13.0 Å². The van der Waals surface area contributed by atoms with Crippen LogP contribution in [0, 0.1) is 0 Å². The van der Waals surface area contributed by atoms with Gasteiger partial charge in [-0.05, 0) is 18.6 Å². The highest BCUT2D eigenvalue weighted by Crippen LogP contribution is 2.26. The smallest absolute Gasteiger partial charge is 0.320 e. The van der Waals surface area contributed by atoms with Crippen LogP contribution in [0.2, 0.25) is 0 Å². The van der Waals surface area contributed by atoms with E-state index in [2.05, 4.69) is 5.32 Å². The molecular formula is C15H24N2O3. The summed E-state index contributed by atoms with van der Waals surface area (Å²) >= 11 is 0. The Morgan fingerprint density at radius 2 is 2.05 bits per heavy atom. The largest absolute Gasteiger partial charge is 0.495 e. The summed E-state index contributed by atoms with van der Waals surface area (Å²) in [5.41, 5.74) is 0.962. The maximum absolute atomic E-state index is 11.2. The SMILES string of the molecule is COc1ccccc1N(C)CCC(NC(C)C)C(=O)O. The van der Waals surface area contributed by atoms with Gasteiger partial charge in [-0.25, -0.2) is 0 Å². The number of rotatable bonds is 8. The molecule has 112 valence electrons. The summed E-state index contributed by atoms with van der Waals surface area (Å²) in [5, 5.41) is 12.3. The molecule has 0 aliphatic rings. The fraction of sp³-hybridized carbons (Fsp3) is 0.533. The van der Waals surface area contributed by atoms with Gasteiger partial charge in [0, 0.05) is 19.6 Å². The van der Waals surface area contributed by atoms with Crippen LogP contribution in [0.5, 0.6) is 5.75 Å². The lowest BCUT2D eigenvalue weighted by atomic mass is 10.1. The molecule has 0 saturated carbocycles. The molecule has 0 saturated heterocycles. The van der Waals surface area contributed by atoms with Crippen molar-refractivity contribution >= 4 is 11.7 Å². The van der Waals surface area contributed by atoms with Gasteiger partial charge in [-0.2, -0.15) is 0 Å². The Labute approximate surface area is 120 Å². The van der Waals surface area contributed by atoms with E-state index in [-0.39, 0.29) is 6.04 Å². The topological polar surface area (TPSA) is 61.8 Å². The molecule has 0 aliphatic heterocycles. The van der Waals surface area contributed by atoms with Gasteiger partial charge < -0.3 is 20.1 Å². The first kappa shape index (κ1) is 16.3. The number of ether oxygens (including phenoxy) is 1. The Morgan fingerprint density at radius 3 is 2.60 bits per heavy atom. The minimum absolute atomic E-state index is 0.146. The number of methoxy groups -OCH3 is 1. The lowest BCUT2D eigenvalue weighted by Crippen LogP contribution is -2.42. The second kappa shape index (κ2) is 7.75. The van der Waals surface area contributed by atoms with Gasteiger partial charge in [0.1, 0.15) is 11.8 Å². The summed E-state index contributed by atoms with van der Waals surface area (Å²) in [6.45, 7) is 4.52. The molecule has 0 aromatic heterocycles. The molecule has 1 unspecified atom stereocenters. The van der Waals surface area contributed by atoms with Gasteiger partial charge in [-0.1, -0.05) is 26.0 Å². The van der Waals surface area contributed by atoms with Crippen LogP contribution in [0.4, 0.5) is 5.69 Å². The second-order valence-electron chi connectivity index (χ2n) is 5.09. The predicted molar refractivity (Wildman–Crippen MR) is 80.6 cm³/mol. The minimum atomic E-state index is -0.813. The minimum Gasteiger partial charge on any atom is -0.495 e. The summed E-state index contributed by atoms with van der Waals surface area (Å²) in [5.74, 6) is -0.0224. The van der Waals surface area contributed by atoms with E-state index in [0.717, 1.165) is 11.4 Å². The zero-order valence-electron chi connectivity index (χ0n) is 12.6. The van der Waals surface area contributed by atoms with Crippen molar-refractivity contribution in [3.8, 4) is 5.75 Å². The predicted octanol–water partition coefficient (Wildman–Crippen LogP) is 1.97. The van der Waals surface area contributed by atoms with Gasteiger partial charge in [-0.15, -0.1) is 0 Å². The van der Waals surface area contributed by atoms with Crippen LogP contribution in [-0.4, -0.2) is 43.9 Å². The number of para-hydroxylation sites is 2. The number of carboxylic acids is 1. The van der Waals surface area contributed by atoms with Crippen molar-refractivity contribution in [3.05, 3.63) is 24.3 Å². The fourth-order valence-electron chi connectivity index (χ4n) is 2.07. The van der Waals surface area contributed by atoms with Crippen molar-refractivity contribution < 1.29 is 14.6 Å². The summed E-state index contributed by atoms with van der Waals surface area (Å²) in [6.07, 6.45) is 0.530.